The zero-order valence-corrected chi connectivity index (χ0v) is 9.24. The Morgan fingerprint density at radius 2 is 1.93 bits per heavy atom. The van der Waals surface area contributed by atoms with Gasteiger partial charge in [-0.2, -0.15) is 13.2 Å². The Bertz CT molecular complexity index is 415. The van der Waals surface area contributed by atoms with Crippen LogP contribution in [-0.4, -0.2) is 5.78 Å². The molecule has 0 aliphatic carbocycles. The Kier molecular flexibility index (Phi) is 3.08. The van der Waals surface area contributed by atoms with Crippen molar-refractivity contribution < 1.29 is 18.0 Å². The Morgan fingerprint density at radius 1 is 1.40 bits per heavy atom. The molecule has 0 unspecified atom stereocenters. The third-order valence-corrected chi connectivity index (χ3v) is 2.48. The fourth-order valence-electron chi connectivity index (χ4n) is 1.11. The van der Waals surface area contributed by atoms with E-state index in [9.17, 15) is 18.0 Å². The van der Waals surface area contributed by atoms with Gasteiger partial charge in [0.2, 0.25) is 0 Å². The summed E-state index contributed by atoms with van der Waals surface area (Å²) in [7, 11) is 0. The van der Waals surface area contributed by atoms with Crippen molar-refractivity contribution in [2.45, 2.75) is 13.1 Å². The summed E-state index contributed by atoms with van der Waals surface area (Å²) in [6.45, 7) is 1.17. The number of anilines is 1. The van der Waals surface area contributed by atoms with Crippen LogP contribution in [0.25, 0.3) is 0 Å². The molecule has 0 saturated carbocycles. The lowest BCUT2D eigenvalue weighted by molar-refractivity contribution is -0.138. The van der Waals surface area contributed by atoms with Crippen molar-refractivity contribution in [3.05, 3.63) is 27.7 Å². The Balaban J connectivity index is 3.43. The van der Waals surface area contributed by atoms with Crippen LogP contribution >= 0.6 is 15.9 Å². The van der Waals surface area contributed by atoms with Gasteiger partial charge in [-0.05, 0) is 19.1 Å². The Morgan fingerprint density at radius 3 is 2.33 bits per heavy atom. The van der Waals surface area contributed by atoms with Gasteiger partial charge in [0, 0.05) is 15.7 Å². The van der Waals surface area contributed by atoms with Gasteiger partial charge in [0.25, 0.3) is 0 Å². The third kappa shape index (κ3) is 2.50. The van der Waals surface area contributed by atoms with Crippen LogP contribution in [0.5, 0.6) is 0 Å². The van der Waals surface area contributed by atoms with E-state index in [-0.39, 0.29) is 15.7 Å². The second kappa shape index (κ2) is 3.84. The number of halogens is 4. The molecular formula is C9H7BrF3NO. The number of rotatable bonds is 1. The predicted octanol–water partition coefficient (Wildman–Crippen LogP) is 3.25. The van der Waals surface area contributed by atoms with Crippen molar-refractivity contribution in [2.24, 2.45) is 0 Å². The summed E-state index contributed by atoms with van der Waals surface area (Å²) >= 11 is 2.75. The van der Waals surface area contributed by atoms with E-state index in [0.29, 0.717) is 0 Å². The molecule has 2 N–H and O–H groups in total. The number of benzene rings is 1. The first-order valence-corrected chi connectivity index (χ1v) is 4.70. The lowest BCUT2D eigenvalue weighted by atomic mass is 10.1. The lowest BCUT2D eigenvalue weighted by Gasteiger charge is -2.11. The summed E-state index contributed by atoms with van der Waals surface area (Å²) in [4.78, 5) is 11.0. The zero-order valence-electron chi connectivity index (χ0n) is 7.65. The molecule has 1 aromatic carbocycles. The smallest absolute Gasteiger partial charge is 0.398 e. The number of nitrogen functional groups attached to an aromatic ring is 1. The molecule has 0 bridgehead atoms. The minimum absolute atomic E-state index is 0.0300. The van der Waals surface area contributed by atoms with E-state index >= 15 is 0 Å². The van der Waals surface area contributed by atoms with E-state index in [1.165, 1.54) is 6.92 Å². The van der Waals surface area contributed by atoms with E-state index in [0.717, 1.165) is 12.1 Å². The zero-order chi connectivity index (χ0) is 11.8. The molecule has 0 radical (unpaired) electrons. The molecule has 82 valence electrons. The molecule has 0 aromatic heterocycles. The second-order valence-corrected chi connectivity index (χ2v) is 3.83. The van der Waals surface area contributed by atoms with Crippen molar-refractivity contribution in [1.82, 2.24) is 0 Å². The summed E-state index contributed by atoms with van der Waals surface area (Å²) in [6, 6.07) is 1.83. The molecule has 0 aliphatic heterocycles. The van der Waals surface area contributed by atoms with E-state index in [1.54, 1.807) is 0 Å². The molecule has 0 fully saturated rings. The summed E-state index contributed by atoms with van der Waals surface area (Å²) in [5.74, 6) is -0.495. The first-order chi connectivity index (χ1) is 6.73. The van der Waals surface area contributed by atoms with Crippen molar-refractivity contribution in [3.63, 3.8) is 0 Å². The van der Waals surface area contributed by atoms with Crippen molar-refractivity contribution in [3.8, 4) is 0 Å². The Hall–Kier alpha value is -1.04. The standard InChI is InChI=1S/C9H7BrF3NO/c1-4(15)5-2-6(9(11,12)13)7(10)3-8(5)14/h2-3H,14H2,1H3. The number of carbonyl (C=O) groups excluding carboxylic acids is 1. The fraction of sp³-hybridized carbons (Fsp3) is 0.222. The maximum atomic E-state index is 12.4. The number of Topliss-reactive ketones (excluding diaryl/α,β-unsaturated/α-hetero) is 1. The summed E-state index contributed by atoms with van der Waals surface area (Å²) in [6.07, 6.45) is -4.50. The molecule has 6 heteroatoms. The number of hydrogen-bond donors (Lipinski definition) is 1. The van der Waals surface area contributed by atoms with Gasteiger partial charge in [-0.3, -0.25) is 4.79 Å². The largest absolute Gasteiger partial charge is 0.417 e. The van der Waals surface area contributed by atoms with Crippen molar-refractivity contribution >= 4 is 27.4 Å². The molecule has 0 atom stereocenters. The molecule has 0 aliphatic rings. The van der Waals surface area contributed by atoms with Crippen molar-refractivity contribution in [2.75, 3.05) is 5.73 Å². The number of hydrogen-bond acceptors (Lipinski definition) is 2. The van der Waals surface area contributed by atoms with Crippen LogP contribution < -0.4 is 5.73 Å². The quantitative estimate of drug-likeness (QED) is 0.634. The molecule has 0 amide bonds. The highest BCUT2D eigenvalue weighted by molar-refractivity contribution is 9.10. The third-order valence-electron chi connectivity index (χ3n) is 1.82. The van der Waals surface area contributed by atoms with E-state index in [4.69, 9.17) is 5.73 Å². The molecule has 0 spiro atoms. The van der Waals surface area contributed by atoms with Gasteiger partial charge < -0.3 is 5.73 Å². The molecule has 0 saturated heterocycles. The normalized spacial score (nSPS) is 11.5. The summed E-state index contributed by atoms with van der Waals surface area (Å²) in [5, 5.41) is 0. The van der Waals surface area contributed by atoms with Gasteiger partial charge >= 0.3 is 6.18 Å². The first-order valence-electron chi connectivity index (χ1n) is 3.90. The monoisotopic (exact) mass is 281 g/mol. The predicted molar refractivity (Wildman–Crippen MR) is 53.6 cm³/mol. The van der Waals surface area contributed by atoms with Crippen LogP contribution in [0.2, 0.25) is 0 Å². The van der Waals surface area contributed by atoms with Crippen LogP contribution in [0.1, 0.15) is 22.8 Å². The minimum atomic E-state index is -4.50. The average molecular weight is 282 g/mol. The minimum Gasteiger partial charge on any atom is -0.398 e. The van der Waals surface area contributed by atoms with Gasteiger partial charge in [0.1, 0.15) is 0 Å². The van der Waals surface area contributed by atoms with Crippen LogP contribution in [0.4, 0.5) is 18.9 Å². The van der Waals surface area contributed by atoms with Gasteiger partial charge in [-0.25, -0.2) is 0 Å². The Labute approximate surface area is 92.4 Å². The molecular weight excluding hydrogens is 275 g/mol. The van der Waals surface area contributed by atoms with E-state index in [1.807, 2.05) is 0 Å². The molecule has 2 nitrogen and oxygen atoms in total. The maximum absolute atomic E-state index is 12.4. The number of carbonyl (C=O) groups is 1. The molecule has 1 rings (SSSR count). The molecule has 1 aromatic rings. The number of ketones is 1. The lowest BCUT2D eigenvalue weighted by Crippen LogP contribution is -2.09. The van der Waals surface area contributed by atoms with Crippen LogP contribution in [0.15, 0.2) is 16.6 Å². The highest BCUT2D eigenvalue weighted by Gasteiger charge is 2.34. The fourth-order valence-corrected chi connectivity index (χ4v) is 1.70. The van der Waals surface area contributed by atoms with Gasteiger partial charge in [0.15, 0.2) is 5.78 Å². The first kappa shape index (κ1) is 12.0. The molecule has 15 heavy (non-hydrogen) atoms. The second-order valence-electron chi connectivity index (χ2n) is 2.97. The number of nitrogens with two attached hydrogens (primary N) is 1. The van der Waals surface area contributed by atoms with Gasteiger partial charge in [0.05, 0.1) is 5.56 Å². The topological polar surface area (TPSA) is 43.1 Å². The number of alkyl halides is 3. The van der Waals surface area contributed by atoms with Crippen LogP contribution in [-0.2, 0) is 6.18 Å². The highest BCUT2D eigenvalue weighted by Crippen LogP contribution is 2.37. The highest BCUT2D eigenvalue weighted by atomic mass is 79.9. The van der Waals surface area contributed by atoms with E-state index < -0.39 is 17.5 Å². The summed E-state index contributed by atoms with van der Waals surface area (Å²) in [5.41, 5.74) is 4.43. The van der Waals surface area contributed by atoms with Crippen LogP contribution in [0, 0.1) is 0 Å². The maximum Gasteiger partial charge on any atom is 0.417 e. The summed E-state index contributed by atoms with van der Waals surface area (Å²) < 4.78 is 37.2. The van der Waals surface area contributed by atoms with E-state index in [2.05, 4.69) is 15.9 Å². The van der Waals surface area contributed by atoms with Gasteiger partial charge in [-0.1, -0.05) is 15.9 Å². The van der Waals surface area contributed by atoms with Crippen LogP contribution in [0.3, 0.4) is 0 Å². The SMILES string of the molecule is CC(=O)c1cc(C(F)(F)F)c(Br)cc1N. The average Bonchev–Trinajstić information content (AvgIpc) is 2.00. The molecule has 0 heterocycles. The van der Waals surface area contributed by atoms with Gasteiger partial charge in [-0.15, -0.1) is 0 Å². The van der Waals surface area contributed by atoms with Crippen molar-refractivity contribution in [1.29, 1.82) is 0 Å².